The van der Waals surface area contributed by atoms with E-state index >= 15 is 0 Å². The van der Waals surface area contributed by atoms with Crippen LogP contribution in [0.1, 0.15) is 48.8 Å². The van der Waals surface area contributed by atoms with Gasteiger partial charge in [-0.2, -0.15) is 0 Å². The quantitative estimate of drug-likeness (QED) is 0.822. The predicted octanol–water partition coefficient (Wildman–Crippen LogP) is 1.14. The van der Waals surface area contributed by atoms with Gasteiger partial charge in [-0.3, -0.25) is 14.2 Å². The van der Waals surface area contributed by atoms with Crippen LogP contribution >= 0.6 is 0 Å². The Morgan fingerprint density at radius 3 is 2.70 bits per heavy atom. The van der Waals surface area contributed by atoms with Gasteiger partial charge in [-0.15, -0.1) is 0 Å². The molecule has 142 valence electrons. The van der Waals surface area contributed by atoms with Crippen LogP contribution in [0.4, 0.5) is 5.82 Å². The smallest absolute Gasteiger partial charge is 0.254 e. The van der Waals surface area contributed by atoms with Crippen LogP contribution in [-0.2, 0) is 17.9 Å². The van der Waals surface area contributed by atoms with Crippen LogP contribution in [0.25, 0.3) is 0 Å². The largest absolute Gasteiger partial charge is 0.357 e. The lowest BCUT2D eigenvalue weighted by Crippen LogP contribution is -2.32. The highest BCUT2D eigenvalue weighted by Gasteiger charge is 2.25. The van der Waals surface area contributed by atoms with Crippen molar-refractivity contribution in [2.45, 2.75) is 51.6 Å². The molecule has 0 atom stereocenters. The second kappa shape index (κ2) is 7.46. The van der Waals surface area contributed by atoms with Crippen molar-refractivity contribution in [1.29, 1.82) is 0 Å². The van der Waals surface area contributed by atoms with Crippen molar-refractivity contribution in [2.24, 2.45) is 0 Å². The number of hydrogen-bond donors (Lipinski definition) is 1. The van der Waals surface area contributed by atoms with Gasteiger partial charge in [-0.25, -0.2) is 15.0 Å². The zero-order valence-electron chi connectivity index (χ0n) is 15.5. The topological polar surface area (TPSA) is 93.0 Å². The molecule has 0 aromatic carbocycles. The first-order chi connectivity index (χ1) is 13.1. The van der Waals surface area contributed by atoms with Gasteiger partial charge in [0.25, 0.3) is 5.56 Å². The maximum atomic E-state index is 12.2. The van der Waals surface area contributed by atoms with Gasteiger partial charge in [0.2, 0.25) is 5.91 Å². The molecule has 27 heavy (non-hydrogen) atoms. The van der Waals surface area contributed by atoms with E-state index in [4.69, 9.17) is 0 Å². The number of aromatic nitrogens is 4. The van der Waals surface area contributed by atoms with Crippen molar-refractivity contribution in [1.82, 2.24) is 24.8 Å². The lowest BCUT2D eigenvalue weighted by atomic mass is 10.3. The number of hydrogen-bond acceptors (Lipinski definition) is 6. The average molecular weight is 368 g/mol. The second-order valence-electron chi connectivity index (χ2n) is 7.31. The maximum Gasteiger partial charge on any atom is 0.254 e. The summed E-state index contributed by atoms with van der Waals surface area (Å²) in [4.78, 5) is 39.9. The lowest BCUT2D eigenvalue weighted by molar-refractivity contribution is -0.121. The Kier molecular flexibility index (Phi) is 4.87. The molecule has 2 aromatic heterocycles. The van der Waals surface area contributed by atoms with E-state index in [9.17, 15) is 9.59 Å². The SMILES string of the molecule is Cc1cc(N2CCCC2)nc(CNC(=O)Cn2cnc(C3CC3)cc2=O)n1. The van der Waals surface area contributed by atoms with Crippen molar-refractivity contribution in [3.05, 3.63) is 46.0 Å². The summed E-state index contributed by atoms with van der Waals surface area (Å²) in [5, 5.41) is 2.80. The zero-order chi connectivity index (χ0) is 18.8. The summed E-state index contributed by atoms with van der Waals surface area (Å²) in [6, 6.07) is 3.51. The molecule has 3 heterocycles. The summed E-state index contributed by atoms with van der Waals surface area (Å²) in [6.07, 6.45) is 6.00. The van der Waals surface area contributed by atoms with Crippen LogP contribution < -0.4 is 15.8 Å². The van der Waals surface area contributed by atoms with E-state index in [1.54, 1.807) is 0 Å². The Labute approximate surface area is 157 Å². The molecule has 2 fully saturated rings. The molecule has 1 saturated carbocycles. The van der Waals surface area contributed by atoms with E-state index in [1.165, 1.54) is 29.8 Å². The molecule has 8 heteroatoms. The molecule has 1 saturated heterocycles. The van der Waals surface area contributed by atoms with Crippen molar-refractivity contribution >= 4 is 11.7 Å². The number of carbonyl (C=O) groups is 1. The number of aryl methyl sites for hydroxylation is 1. The highest BCUT2D eigenvalue weighted by atomic mass is 16.2. The predicted molar refractivity (Wildman–Crippen MR) is 101 cm³/mol. The highest BCUT2D eigenvalue weighted by molar-refractivity contribution is 5.75. The van der Waals surface area contributed by atoms with Crippen LogP contribution in [0.3, 0.4) is 0 Å². The molecule has 1 amide bonds. The van der Waals surface area contributed by atoms with E-state index in [-0.39, 0.29) is 24.6 Å². The molecule has 0 spiro atoms. The first kappa shape index (κ1) is 17.6. The number of rotatable bonds is 6. The normalized spacial score (nSPS) is 16.6. The molecule has 1 aliphatic carbocycles. The molecule has 4 rings (SSSR count). The molecule has 0 bridgehead atoms. The molecule has 0 unspecified atom stereocenters. The van der Waals surface area contributed by atoms with E-state index in [0.717, 1.165) is 43.1 Å². The minimum atomic E-state index is -0.258. The third-order valence-corrected chi connectivity index (χ3v) is 4.97. The Hall–Kier alpha value is -2.77. The fourth-order valence-electron chi connectivity index (χ4n) is 3.35. The fraction of sp³-hybridized carbons (Fsp3) is 0.526. The molecule has 2 aliphatic rings. The minimum absolute atomic E-state index is 0.0540. The van der Waals surface area contributed by atoms with Gasteiger partial charge in [0.15, 0.2) is 0 Å². The third-order valence-electron chi connectivity index (χ3n) is 4.97. The summed E-state index contributed by atoms with van der Waals surface area (Å²) in [5.74, 6) is 1.66. The monoisotopic (exact) mass is 368 g/mol. The fourth-order valence-corrected chi connectivity index (χ4v) is 3.35. The number of carbonyl (C=O) groups excluding carboxylic acids is 1. The summed E-state index contributed by atoms with van der Waals surface area (Å²) in [6.45, 7) is 4.13. The summed E-state index contributed by atoms with van der Waals surface area (Å²) < 4.78 is 1.33. The summed E-state index contributed by atoms with van der Waals surface area (Å²) in [5.41, 5.74) is 1.52. The van der Waals surface area contributed by atoms with Crippen LogP contribution in [0, 0.1) is 6.92 Å². The molecular weight excluding hydrogens is 344 g/mol. The van der Waals surface area contributed by atoms with Crippen molar-refractivity contribution in [3.8, 4) is 0 Å². The van der Waals surface area contributed by atoms with Crippen LogP contribution in [0.2, 0.25) is 0 Å². The third kappa shape index (κ3) is 4.32. The van der Waals surface area contributed by atoms with E-state index in [1.807, 2.05) is 13.0 Å². The number of anilines is 1. The molecule has 1 N–H and O–H groups in total. The lowest BCUT2D eigenvalue weighted by Gasteiger charge is -2.17. The van der Waals surface area contributed by atoms with Gasteiger partial charge in [0.1, 0.15) is 18.2 Å². The number of nitrogens with one attached hydrogen (secondary N) is 1. The number of nitrogens with zero attached hydrogens (tertiary/aromatic N) is 5. The molecule has 0 radical (unpaired) electrons. The number of amides is 1. The molecule has 1 aliphatic heterocycles. The van der Waals surface area contributed by atoms with E-state index in [0.29, 0.717) is 11.7 Å². The highest BCUT2D eigenvalue weighted by Crippen LogP contribution is 2.38. The maximum absolute atomic E-state index is 12.2. The molecular formula is C19H24N6O2. The van der Waals surface area contributed by atoms with E-state index < -0.39 is 0 Å². The van der Waals surface area contributed by atoms with Gasteiger partial charge in [-0.1, -0.05) is 0 Å². The van der Waals surface area contributed by atoms with E-state index in [2.05, 4.69) is 25.2 Å². The Balaban J connectivity index is 1.37. The van der Waals surface area contributed by atoms with Crippen LogP contribution in [0.5, 0.6) is 0 Å². The van der Waals surface area contributed by atoms with Crippen molar-refractivity contribution in [2.75, 3.05) is 18.0 Å². The zero-order valence-corrected chi connectivity index (χ0v) is 15.5. The summed E-state index contributed by atoms with van der Waals surface area (Å²) in [7, 11) is 0. The van der Waals surface area contributed by atoms with Crippen molar-refractivity contribution in [3.63, 3.8) is 0 Å². The first-order valence-electron chi connectivity index (χ1n) is 9.51. The Morgan fingerprint density at radius 2 is 2.00 bits per heavy atom. The first-order valence-corrected chi connectivity index (χ1v) is 9.51. The Bertz CT molecular complexity index is 899. The Morgan fingerprint density at radius 1 is 1.22 bits per heavy atom. The second-order valence-corrected chi connectivity index (χ2v) is 7.31. The standard InChI is InChI=1S/C19H24N6O2/c1-13-8-17(24-6-2-3-7-24)23-16(22-13)10-20-18(26)11-25-12-21-15(9-19(25)27)14-4-5-14/h8-9,12,14H,2-7,10-11H2,1H3,(H,20,26). The van der Waals surface area contributed by atoms with Gasteiger partial charge >= 0.3 is 0 Å². The van der Waals surface area contributed by atoms with Crippen LogP contribution in [0.15, 0.2) is 23.3 Å². The minimum Gasteiger partial charge on any atom is -0.357 e. The summed E-state index contributed by atoms with van der Waals surface area (Å²) >= 11 is 0. The van der Waals surface area contributed by atoms with Gasteiger partial charge in [-0.05, 0) is 32.6 Å². The van der Waals surface area contributed by atoms with Gasteiger partial charge in [0, 0.05) is 36.8 Å². The average Bonchev–Trinajstić information content (AvgIpc) is 3.35. The van der Waals surface area contributed by atoms with Crippen molar-refractivity contribution < 1.29 is 4.79 Å². The molecule has 8 nitrogen and oxygen atoms in total. The van der Waals surface area contributed by atoms with Crippen LogP contribution in [-0.4, -0.2) is 38.5 Å². The molecule has 2 aromatic rings. The van der Waals surface area contributed by atoms with Gasteiger partial charge in [0.05, 0.1) is 18.6 Å². The van der Waals surface area contributed by atoms with Gasteiger partial charge < -0.3 is 10.2 Å².